The summed E-state index contributed by atoms with van der Waals surface area (Å²) >= 11 is 0. The SMILES string of the molecule is C[C@@H]1[C@H](CN(C)C[C@@H](O)c2cccc(O)c2)O[C@H](c2cccc(NC(=O)c3cccnc3)c2)O[C@@H]1c1ccc(CO)cc1. The van der Waals surface area contributed by atoms with Crippen LogP contribution in [0.25, 0.3) is 0 Å². The summed E-state index contributed by atoms with van der Waals surface area (Å²) in [5.74, 6) is -0.210. The van der Waals surface area contributed by atoms with Gasteiger partial charge >= 0.3 is 0 Å². The molecule has 9 heteroatoms. The Kier molecular flexibility index (Phi) is 9.81. The molecule has 224 valence electrons. The lowest BCUT2D eigenvalue weighted by Crippen LogP contribution is -2.44. The van der Waals surface area contributed by atoms with Gasteiger partial charge < -0.3 is 35.0 Å². The molecule has 2 heterocycles. The summed E-state index contributed by atoms with van der Waals surface area (Å²) in [6.45, 7) is 2.89. The normalized spacial score (nSPS) is 21.0. The van der Waals surface area contributed by atoms with Gasteiger partial charge in [0.2, 0.25) is 0 Å². The van der Waals surface area contributed by atoms with Crippen LogP contribution in [0.1, 0.15) is 58.0 Å². The summed E-state index contributed by atoms with van der Waals surface area (Å²) in [4.78, 5) is 18.8. The number of benzene rings is 3. The molecule has 0 aliphatic carbocycles. The van der Waals surface area contributed by atoms with Gasteiger partial charge in [0, 0.05) is 42.7 Å². The smallest absolute Gasteiger partial charge is 0.257 e. The maximum Gasteiger partial charge on any atom is 0.257 e. The minimum Gasteiger partial charge on any atom is -0.508 e. The number of likely N-dealkylation sites (N-methyl/N-ethyl adjacent to an activating group) is 1. The second-order valence-electron chi connectivity index (χ2n) is 11.0. The van der Waals surface area contributed by atoms with Crippen molar-refractivity contribution < 1.29 is 29.6 Å². The number of aliphatic hydroxyl groups is 2. The number of ether oxygens (including phenoxy) is 2. The quantitative estimate of drug-likeness (QED) is 0.206. The van der Waals surface area contributed by atoms with Gasteiger partial charge in [-0.05, 0) is 60.1 Å². The number of carbonyl (C=O) groups is 1. The molecule has 1 aromatic heterocycles. The van der Waals surface area contributed by atoms with E-state index >= 15 is 0 Å². The fourth-order valence-electron chi connectivity index (χ4n) is 5.31. The van der Waals surface area contributed by atoms with Crippen molar-refractivity contribution in [2.45, 2.75) is 38.1 Å². The zero-order valence-electron chi connectivity index (χ0n) is 24.2. The number of hydrogen-bond acceptors (Lipinski definition) is 8. The first-order valence-electron chi connectivity index (χ1n) is 14.3. The number of rotatable bonds is 10. The zero-order chi connectivity index (χ0) is 30.3. The fraction of sp³-hybridized carbons (Fsp3) is 0.294. The summed E-state index contributed by atoms with van der Waals surface area (Å²) in [6, 6.07) is 25.1. The molecule has 43 heavy (non-hydrogen) atoms. The number of amides is 1. The van der Waals surface area contributed by atoms with Crippen molar-refractivity contribution in [3.05, 3.63) is 125 Å². The number of hydrogen-bond donors (Lipinski definition) is 4. The number of aromatic hydroxyl groups is 1. The Hall–Kier alpha value is -4.12. The first-order chi connectivity index (χ1) is 20.8. The van der Waals surface area contributed by atoms with E-state index in [0.29, 0.717) is 29.9 Å². The second kappa shape index (κ2) is 13.9. The number of carbonyl (C=O) groups excluding carboxylic acids is 1. The Morgan fingerprint density at radius 1 is 1.00 bits per heavy atom. The standard InChI is InChI=1S/C34H37N3O6/c1-22-31(20-37(2)19-30(40)25-6-4-10-29(39)17-25)42-34(43-32(22)24-13-11-23(21-38)12-14-24)26-7-3-9-28(16-26)36-33(41)27-8-5-15-35-18-27/h3-18,22,30-32,34,38-40H,19-21H2,1-2H3,(H,36,41)/t22-,30-,31+,32+,34+/m1/s1. The van der Waals surface area contributed by atoms with Crippen LogP contribution in [-0.2, 0) is 16.1 Å². The third kappa shape index (κ3) is 7.64. The highest BCUT2D eigenvalue weighted by molar-refractivity contribution is 6.04. The minimum atomic E-state index is -0.787. The van der Waals surface area contributed by atoms with E-state index in [1.807, 2.05) is 60.5 Å². The van der Waals surface area contributed by atoms with Crippen molar-refractivity contribution in [1.29, 1.82) is 0 Å². The van der Waals surface area contributed by atoms with Gasteiger partial charge in [0.15, 0.2) is 6.29 Å². The number of aromatic nitrogens is 1. The summed E-state index contributed by atoms with van der Waals surface area (Å²) < 4.78 is 13.1. The van der Waals surface area contributed by atoms with E-state index in [9.17, 15) is 20.1 Å². The molecule has 3 aromatic carbocycles. The Morgan fingerprint density at radius 3 is 2.51 bits per heavy atom. The van der Waals surface area contributed by atoms with Gasteiger partial charge in [0.25, 0.3) is 5.91 Å². The lowest BCUT2D eigenvalue weighted by molar-refractivity contribution is -0.276. The molecular weight excluding hydrogens is 546 g/mol. The lowest BCUT2D eigenvalue weighted by Gasteiger charge is -2.42. The molecule has 0 radical (unpaired) electrons. The van der Waals surface area contributed by atoms with Gasteiger partial charge in [-0.3, -0.25) is 9.78 Å². The van der Waals surface area contributed by atoms with Crippen LogP contribution in [0.2, 0.25) is 0 Å². The first-order valence-corrected chi connectivity index (χ1v) is 14.3. The van der Waals surface area contributed by atoms with Crippen LogP contribution in [0.5, 0.6) is 5.75 Å². The molecular formula is C34H37N3O6. The van der Waals surface area contributed by atoms with E-state index in [1.54, 1.807) is 42.6 Å². The summed E-state index contributed by atoms with van der Waals surface area (Å²) in [6.07, 6.45) is 1.04. The highest BCUT2D eigenvalue weighted by Gasteiger charge is 2.39. The van der Waals surface area contributed by atoms with E-state index in [1.165, 1.54) is 6.20 Å². The lowest BCUT2D eigenvalue weighted by atomic mass is 9.90. The molecule has 1 aliphatic heterocycles. The largest absolute Gasteiger partial charge is 0.508 e. The summed E-state index contributed by atoms with van der Waals surface area (Å²) in [7, 11) is 1.92. The van der Waals surface area contributed by atoms with Gasteiger partial charge in [0.1, 0.15) is 5.75 Å². The Bertz CT molecular complexity index is 1500. The van der Waals surface area contributed by atoms with E-state index in [4.69, 9.17) is 9.47 Å². The van der Waals surface area contributed by atoms with Crippen LogP contribution < -0.4 is 5.32 Å². The van der Waals surface area contributed by atoms with Crippen molar-refractivity contribution in [3.63, 3.8) is 0 Å². The Balaban J connectivity index is 1.36. The van der Waals surface area contributed by atoms with Crippen LogP contribution in [-0.4, -0.2) is 57.4 Å². The highest BCUT2D eigenvalue weighted by atomic mass is 16.7. The van der Waals surface area contributed by atoms with Crippen molar-refractivity contribution in [2.24, 2.45) is 5.92 Å². The maximum absolute atomic E-state index is 12.7. The number of aliphatic hydroxyl groups excluding tert-OH is 2. The van der Waals surface area contributed by atoms with Gasteiger partial charge in [0.05, 0.1) is 30.5 Å². The molecule has 0 unspecified atom stereocenters. The number of nitrogens with zero attached hydrogens (tertiary/aromatic N) is 2. The van der Waals surface area contributed by atoms with Crippen molar-refractivity contribution >= 4 is 11.6 Å². The number of phenolic OH excluding ortho intramolecular Hbond substituents is 1. The zero-order valence-corrected chi connectivity index (χ0v) is 24.2. The average molecular weight is 584 g/mol. The minimum absolute atomic E-state index is 0.0421. The molecule has 4 N–H and O–H groups in total. The first kappa shape index (κ1) is 30.3. The molecule has 1 fully saturated rings. The number of phenols is 1. The molecule has 1 amide bonds. The highest BCUT2D eigenvalue weighted by Crippen LogP contribution is 2.42. The number of anilines is 1. The Morgan fingerprint density at radius 2 is 1.79 bits per heavy atom. The summed E-state index contributed by atoms with van der Waals surface area (Å²) in [5, 5.41) is 33.1. The van der Waals surface area contributed by atoms with Crippen LogP contribution in [0, 0.1) is 5.92 Å². The van der Waals surface area contributed by atoms with E-state index in [0.717, 1.165) is 16.7 Å². The molecule has 0 bridgehead atoms. The van der Waals surface area contributed by atoms with Crippen LogP contribution in [0.3, 0.4) is 0 Å². The molecule has 4 aromatic rings. The number of nitrogens with one attached hydrogen (secondary N) is 1. The molecule has 9 nitrogen and oxygen atoms in total. The predicted octanol–water partition coefficient (Wildman–Crippen LogP) is 4.99. The number of pyridine rings is 1. The summed E-state index contributed by atoms with van der Waals surface area (Å²) in [5.41, 5.74) is 4.22. The van der Waals surface area contributed by atoms with Gasteiger partial charge in [-0.25, -0.2) is 0 Å². The fourth-order valence-corrected chi connectivity index (χ4v) is 5.31. The topological polar surface area (TPSA) is 124 Å². The molecule has 1 saturated heterocycles. The third-order valence-electron chi connectivity index (χ3n) is 7.69. The second-order valence-corrected chi connectivity index (χ2v) is 11.0. The molecule has 0 saturated carbocycles. The van der Waals surface area contributed by atoms with Crippen LogP contribution >= 0.6 is 0 Å². The van der Waals surface area contributed by atoms with Crippen molar-refractivity contribution in [1.82, 2.24) is 9.88 Å². The average Bonchev–Trinajstić information content (AvgIpc) is 3.02. The Labute approximate surface area is 251 Å². The predicted molar refractivity (Wildman–Crippen MR) is 162 cm³/mol. The van der Waals surface area contributed by atoms with Crippen molar-refractivity contribution in [2.75, 3.05) is 25.5 Å². The molecule has 1 aliphatic rings. The third-order valence-corrected chi connectivity index (χ3v) is 7.69. The van der Waals surface area contributed by atoms with E-state index < -0.39 is 12.4 Å². The van der Waals surface area contributed by atoms with Gasteiger partial charge in [-0.15, -0.1) is 0 Å². The van der Waals surface area contributed by atoms with Crippen LogP contribution in [0.4, 0.5) is 5.69 Å². The van der Waals surface area contributed by atoms with E-state index in [2.05, 4.69) is 17.2 Å². The van der Waals surface area contributed by atoms with Gasteiger partial charge in [-0.1, -0.05) is 55.5 Å². The monoisotopic (exact) mass is 583 g/mol. The van der Waals surface area contributed by atoms with Gasteiger partial charge in [-0.2, -0.15) is 0 Å². The van der Waals surface area contributed by atoms with E-state index in [-0.39, 0.29) is 36.4 Å². The molecule has 5 atom stereocenters. The van der Waals surface area contributed by atoms with Crippen molar-refractivity contribution in [3.8, 4) is 5.75 Å². The molecule has 0 spiro atoms. The maximum atomic E-state index is 12.7. The van der Waals surface area contributed by atoms with Crippen LogP contribution in [0.15, 0.2) is 97.3 Å². The molecule has 5 rings (SSSR count).